The third kappa shape index (κ3) is 3.22. The van der Waals surface area contributed by atoms with Crippen LogP contribution in [-0.2, 0) is 21.3 Å². The van der Waals surface area contributed by atoms with Crippen molar-refractivity contribution in [1.29, 1.82) is 0 Å². The van der Waals surface area contributed by atoms with Crippen LogP contribution in [0.3, 0.4) is 0 Å². The van der Waals surface area contributed by atoms with Crippen molar-refractivity contribution in [3.63, 3.8) is 0 Å². The summed E-state index contributed by atoms with van der Waals surface area (Å²) < 4.78 is 38.0. The molecule has 2 heterocycles. The van der Waals surface area contributed by atoms with Gasteiger partial charge in [0.25, 0.3) is 0 Å². The summed E-state index contributed by atoms with van der Waals surface area (Å²) in [6.07, 6.45) is 3.09. The van der Waals surface area contributed by atoms with Gasteiger partial charge in [-0.3, -0.25) is 0 Å². The van der Waals surface area contributed by atoms with E-state index in [2.05, 4.69) is 10.0 Å². The van der Waals surface area contributed by atoms with Gasteiger partial charge in [0.15, 0.2) is 0 Å². The molecule has 2 N–H and O–H groups in total. The Labute approximate surface area is 118 Å². The summed E-state index contributed by atoms with van der Waals surface area (Å²) >= 11 is 0. The highest BCUT2D eigenvalue weighted by Crippen LogP contribution is 2.23. The monoisotopic (exact) mass is 300 g/mol. The van der Waals surface area contributed by atoms with Gasteiger partial charge >= 0.3 is 0 Å². The molecule has 0 aromatic carbocycles. The van der Waals surface area contributed by atoms with Gasteiger partial charge in [0.1, 0.15) is 16.4 Å². The van der Waals surface area contributed by atoms with E-state index >= 15 is 0 Å². The summed E-state index contributed by atoms with van der Waals surface area (Å²) in [5, 5.41) is 3.31. The van der Waals surface area contributed by atoms with E-state index in [-0.39, 0.29) is 10.9 Å². The summed E-state index contributed by atoms with van der Waals surface area (Å²) in [6, 6.07) is 2.04. The Morgan fingerprint density at radius 1 is 1.30 bits per heavy atom. The van der Waals surface area contributed by atoms with Crippen LogP contribution in [-0.4, -0.2) is 33.7 Å². The minimum absolute atomic E-state index is 0.137. The molecule has 112 valence electrons. The molecule has 1 aromatic rings. The Bertz CT molecular complexity index is 571. The average molecular weight is 300 g/mol. The zero-order chi connectivity index (χ0) is 14.2. The van der Waals surface area contributed by atoms with E-state index in [1.807, 2.05) is 0 Å². The molecule has 7 heteroatoms. The molecule has 20 heavy (non-hydrogen) atoms. The van der Waals surface area contributed by atoms with Gasteiger partial charge in [-0.2, -0.15) is 0 Å². The number of nitrogens with one attached hydrogen (secondary N) is 2. The third-order valence-electron chi connectivity index (χ3n) is 3.61. The van der Waals surface area contributed by atoms with E-state index in [0.29, 0.717) is 43.7 Å². The first-order valence-corrected chi connectivity index (χ1v) is 8.46. The first-order valence-electron chi connectivity index (χ1n) is 6.97. The fourth-order valence-corrected chi connectivity index (χ4v) is 3.78. The zero-order valence-electron chi connectivity index (χ0n) is 11.5. The van der Waals surface area contributed by atoms with Crippen molar-refractivity contribution in [3.05, 3.63) is 17.6 Å². The molecule has 0 bridgehead atoms. The van der Waals surface area contributed by atoms with Crippen molar-refractivity contribution in [3.8, 4) is 0 Å². The lowest BCUT2D eigenvalue weighted by molar-refractivity contribution is 0.192. The van der Waals surface area contributed by atoms with Gasteiger partial charge in [-0.1, -0.05) is 0 Å². The molecule has 0 spiro atoms. The number of hydrogen-bond donors (Lipinski definition) is 2. The van der Waals surface area contributed by atoms with Crippen LogP contribution in [0.25, 0.3) is 0 Å². The van der Waals surface area contributed by atoms with Crippen LogP contribution < -0.4 is 10.0 Å². The molecule has 1 unspecified atom stereocenters. The molecule has 0 amide bonds. The smallest absolute Gasteiger partial charge is 0.244 e. The van der Waals surface area contributed by atoms with Gasteiger partial charge in [-0.25, -0.2) is 13.1 Å². The zero-order valence-corrected chi connectivity index (χ0v) is 12.3. The van der Waals surface area contributed by atoms with Crippen molar-refractivity contribution in [2.24, 2.45) is 0 Å². The number of sulfonamides is 1. The minimum Gasteiger partial charge on any atom is -0.464 e. The van der Waals surface area contributed by atoms with Crippen LogP contribution in [0.4, 0.5) is 0 Å². The molecule has 3 rings (SSSR count). The van der Waals surface area contributed by atoms with Gasteiger partial charge in [-0.15, -0.1) is 0 Å². The number of aryl methyl sites for hydroxylation is 1. The van der Waals surface area contributed by atoms with E-state index in [4.69, 9.17) is 9.15 Å². The number of rotatable bonds is 6. The van der Waals surface area contributed by atoms with Crippen molar-refractivity contribution >= 4 is 10.0 Å². The first kappa shape index (κ1) is 14.1. The van der Waals surface area contributed by atoms with Crippen LogP contribution in [0.5, 0.6) is 0 Å². The fraction of sp³-hybridized carbons (Fsp3) is 0.692. The second-order valence-electron chi connectivity index (χ2n) is 5.47. The number of hydrogen-bond acceptors (Lipinski definition) is 5. The van der Waals surface area contributed by atoms with Crippen molar-refractivity contribution < 1.29 is 17.6 Å². The lowest BCUT2D eigenvalue weighted by atomic mass is 10.3. The quantitative estimate of drug-likeness (QED) is 0.816. The molecule has 0 radical (unpaired) electrons. The molecule has 1 saturated heterocycles. The van der Waals surface area contributed by atoms with Crippen LogP contribution in [0.1, 0.15) is 30.8 Å². The summed E-state index contributed by atoms with van der Waals surface area (Å²) in [4.78, 5) is 0.233. The first-order chi connectivity index (χ1) is 9.54. The van der Waals surface area contributed by atoms with E-state index in [0.717, 1.165) is 0 Å². The summed E-state index contributed by atoms with van der Waals surface area (Å²) in [5.41, 5.74) is 0. The second kappa shape index (κ2) is 5.48. The topological polar surface area (TPSA) is 80.6 Å². The van der Waals surface area contributed by atoms with Crippen molar-refractivity contribution in [1.82, 2.24) is 10.0 Å². The number of ether oxygens (including phenoxy) is 1. The lowest BCUT2D eigenvalue weighted by Gasteiger charge is -2.10. The molecular weight excluding hydrogens is 280 g/mol. The highest BCUT2D eigenvalue weighted by Gasteiger charge is 2.27. The molecule has 1 aliphatic carbocycles. The molecule has 2 aliphatic rings. The lowest BCUT2D eigenvalue weighted by Crippen LogP contribution is -2.35. The minimum atomic E-state index is -3.53. The Kier molecular flexibility index (Phi) is 3.85. The third-order valence-corrected chi connectivity index (χ3v) is 5.23. The standard InChI is InChI=1S/C13H20N2O4S/c1-9-13(6-12(19-9)7-14-10-2-3-10)20(16,17)15-11-4-5-18-8-11/h6,10-11,14-15H,2-5,7-8H2,1H3. The molecule has 1 aromatic heterocycles. The fourth-order valence-electron chi connectivity index (χ4n) is 2.32. The second-order valence-corrected chi connectivity index (χ2v) is 7.15. The molecular formula is C13H20N2O4S. The largest absolute Gasteiger partial charge is 0.464 e. The van der Waals surface area contributed by atoms with Crippen LogP contribution in [0.2, 0.25) is 0 Å². The number of furan rings is 1. The molecule has 1 saturated carbocycles. The maximum Gasteiger partial charge on any atom is 0.244 e. The molecule has 1 aliphatic heterocycles. The van der Waals surface area contributed by atoms with E-state index < -0.39 is 10.0 Å². The molecule has 2 fully saturated rings. The Balaban J connectivity index is 1.70. The van der Waals surface area contributed by atoms with Crippen LogP contribution >= 0.6 is 0 Å². The Hall–Kier alpha value is -0.890. The van der Waals surface area contributed by atoms with Crippen molar-refractivity contribution in [2.45, 2.75) is 49.7 Å². The Morgan fingerprint density at radius 2 is 2.10 bits per heavy atom. The predicted octanol–water partition coefficient (Wildman–Crippen LogP) is 0.907. The maximum atomic E-state index is 12.3. The van der Waals surface area contributed by atoms with E-state index in [1.54, 1.807) is 13.0 Å². The van der Waals surface area contributed by atoms with Gasteiger partial charge in [-0.05, 0) is 26.2 Å². The highest BCUT2D eigenvalue weighted by molar-refractivity contribution is 7.89. The normalized spacial score (nSPS) is 23.4. The molecule has 6 nitrogen and oxygen atoms in total. The highest BCUT2D eigenvalue weighted by atomic mass is 32.2. The molecule has 1 atom stereocenters. The van der Waals surface area contributed by atoms with E-state index in [1.165, 1.54) is 12.8 Å². The van der Waals surface area contributed by atoms with Crippen LogP contribution in [0.15, 0.2) is 15.4 Å². The predicted molar refractivity (Wildman–Crippen MR) is 72.9 cm³/mol. The van der Waals surface area contributed by atoms with Gasteiger partial charge in [0.05, 0.1) is 13.2 Å². The maximum absolute atomic E-state index is 12.3. The Morgan fingerprint density at radius 3 is 2.75 bits per heavy atom. The van der Waals surface area contributed by atoms with Gasteiger partial charge in [0.2, 0.25) is 10.0 Å². The van der Waals surface area contributed by atoms with Crippen molar-refractivity contribution in [2.75, 3.05) is 13.2 Å². The van der Waals surface area contributed by atoms with Gasteiger partial charge in [0, 0.05) is 24.8 Å². The summed E-state index contributed by atoms with van der Waals surface area (Å²) in [6.45, 7) is 3.30. The van der Waals surface area contributed by atoms with E-state index in [9.17, 15) is 8.42 Å². The van der Waals surface area contributed by atoms with Crippen LogP contribution in [0, 0.1) is 6.92 Å². The van der Waals surface area contributed by atoms with Gasteiger partial charge < -0.3 is 14.5 Å². The SMILES string of the molecule is Cc1oc(CNC2CC2)cc1S(=O)(=O)NC1CCOC1. The average Bonchev–Trinajstić information content (AvgIpc) is 2.93. The summed E-state index contributed by atoms with van der Waals surface area (Å²) in [7, 11) is -3.53. The summed E-state index contributed by atoms with van der Waals surface area (Å²) in [5.74, 6) is 1.10.